The van der Waals surface area contributed by atoms with Gasteiger partial charge in [-0.3, -0.25) is 0 Å². The first-order chi connectivity index (χ1) is 14.4. The van der Waals surface area contributed by atoms with E-state index in [-0.39, 0.29) is 0 Å². The van der Waals surface area contributed by atoms with E-state index >= 15 is 0 Å². The minimum atomic E-state index is 0.484. The maximum atomic E-state index is 6.34. The van der Waals surface area contributed by atoms with Crippen molar-refractivity contribution >= 4 is 10.9 Å². The molecule has 3 nitrogen and oxygen atoms in total. The van der Waals surface area contributed by atoms with E-state index in [0.717, 1.165) is 12.5 Å². The summed E-state index contributed by atoms with van der Waals surface area (Å²) in [5.74, 6) is 0.813. The molecule has 1 aromatic carbocycles. The van der Waals surface area contributed by atoms with Crippen LogP contribution in [0.4, 0.5) is 0 Å². The Labute approximate surface area is 176 Å². The van der Waals surface area contributed by atoms with Crippen LogP contribution in [0.25, 0.3) is 10.9 Å². The standard InChI is InChI=1S/C26H38N2O/c1-2-11-25-22(8-1)20-26(21-12-13-21)28(25)23-9-7-10-24(15-14-23)29-19-6-5-18-27-16-3-4-17-27/h1-2,8,11,20-21,23-24H,3-7,9-10,12-19H2. The number of ether oxygens (including phenoxy) is 1. The third-order valence-electron chi connectivity index (χ3n) is 7.44. The number of aromatic nitrogens is 1. The van der Waals surface area contributed by atoms with Crippen molar-refractivity contribution in [2.45, 2.75) is 88.7 Å². The topological polar surface area (TPSA) is 17.4 Å². The molecule has 0 radical (unpaired) electrons. The molecule has 158 valence electrons. The summed E-state index contributed by atoms with van der Waals surface area (Å²) in [6.45, 7) is 4.88. The summed E-state index contributed by atoms with van der Waals surface area (Å²) >= 11 is 0. The van der Waals surface area contributed by atoms with Crippen molar-refractivity contribution in [2.24, 2.45) is 0 Å². The molecule has 2 atom stereocenters. The van der Waals surface area contributed by atoms with E-state index in [2.05, 4.69) is 39.8 Å². The highest BCUT2D eigenvalue weighted by atomic mass is 16.5. The first-order valence-corrected chi connectivity index (χ1v) is 12.3. The summed E-state index contributed by atoms with van der Waals surface area (Å²) in [6, 6.07) is 12.2. The van der Waals surface area contributed by atoms with Crippen molar-refractivity contribution in [1.29, 1.82) is 0 Å². The Morgan fingerprint density at radius 1 is 0.862 bits per heavy atom. The molecule has 29 heavy (non-hydrogen) atoms. The molecule has 3 aliphatic rings. The van der Waals surface area contributed by atoms with E-state index < -0.39 is 0 Å². The summed E-state index contributed by atoms with van der Waals surface area (Å²) in [4.78, 5) is 2.62. The van der Waals surface area contributed by atoms with Crippen LogP contribution in [0.3, 0.4) is 0 Å². The molecule has 0 N–H and O–H groups in total. The minimum Gasteiger partial charge on any atom is -0.378 e. The monoisotopic (exact) mass is 394 g/mol. The Bertz CT molecular complexity index is 787. The third kappa shape index (κ3) is 4.72. The summed E-state index contributed by atoms with van der Waals surface area (Å²) in [6.07, 6.45) is 15.0. The van der Waals surface area contributed by atoms with E-state index in [4.69, 9.17) is 4.74 Å². The number of para-hydroxylation sites is 1. The SMILES string of the molecule is c1ccc2c(c1)cc(C1CC1)n2C1CCCC(OCCCCN2CCCC2)CC1. The van der Waals surface area contributed by atoms with E-state index in [1.54, 1.807) is 5.69 Å². The molecule has 1 saturated heterocycles. The van der Waals surface area contributed by atoms with Crippen LogP contribution < -0.4 is 0 Å². The molecule has 5 rings (SSSR count). The zero-order valence-electron chi connectivity index (χ0n) is 18.0. The number of hydrogen-bond acceptors (Lipinski definition) is 2. The number of benzene rings is 1. The zero-order valence-corrected chi connectivity index (χ0v) is 18.0. The molecule has 2 heterocycles. The summed E-state index contributed by atoms with van der Waals surface area (Å²) < 4.78 is 9.07. The smallest absolute Gasteiger partial charge is 0.0575 e. The van der Waals surface area contributed by atoms with Gasteiger partial charge in [0.25, 0.3) is 0 Å². The number of fused-ring (bicyclic) bond motifs is 1. The lowest BCUT2D eigenvalue weighted by molar-refractivity contribution is 0.0395. The van der Waals surface area contributed by atoms with Crippen molar-refractivity contribution in [3.8, 4) is 0 Å². The average molecular weight is 395 g/mol. The molecule has 0 spiro atoms. The highest BCUT2D eigenvalue weighted by molar-refractivity contribution is 5.81. The van der Waals surface area contributed by atoms with E-state index in [0.29, 0.717) is 12.1 Å². The Hall–Kier alpha value is -1.32. The van der Waals surface area contributed by atoms with Crippen molar-refractivity contribution in [1.82, 2.24) is 9.47 Å². The second-order valence-corrected chi connectivity index (χ2v) is 9.68. The van der Waals surface area contributed by atoms with E-state index in [1.807, 2.05) is 0 Å². The van der Waals surface area contributed by atoms with Crippen LogP contribution in [0.1, 0.15) is 88.3 Å². The average Bonchev–Trinajstić information content (AvgIpc) is 3.40. The number of nitrogens with zero attached hydrogens (tertiary/aromatic N) is 2. The molecule has 3 heteroatoms. The van der Waals surface area contributed by atoms with Gasteiger partial charge in [0.15, 0.2) is 0 Å². The molecular weight excluding hydrogens is 356 g/mol. The maximum Gasteiger partial charge on any atom is 0.0575 e. The third-order valence-corrected chi connectivity index (χ3v) is 7.44. The highest BCUT2D eigenvalue weighted by Gasteiger charge is 2.31. The number of rotatable bonds is 8. The lowest BCUT2D eigenvalue weighted by Crippen LogP contribution is -2.21. The van der Waals surface area contributed by atoms with Gasteiger partial charge in [-0.2, -0.15) is 0 Å². The molecular formula is C26H38N2O. The lowest BCUT2D eigenvalue weighted by atomic mass is 10.1. The Balaban J connectivity index is 1.14. The minimum absolute atomic E-state index is 0.484. The first kappa shape index (κ1) is 19.6. The molecule has 2 aliphatic carbocycles. The number of likely N-dealkylation sites (tertiary alicyclic amines) is 1. The Kier molecular flexibility index (Phi) is 6.24. The summed E-state index contributed by atoms with van der Waals surface area (Å²) in [5.41, 5.74) is 3.07. The van der Waals surface area contributed by atoms with Crippen LogP contribution in [-0.4, -0.2) is 41.8 Å². The molecule has 2 unspecified atom stereocenters. The van der Waals surface area contributed by atoms with Crippen molar-refractivity contribution in [2.75, 3.05) is 26.2 Å². The first-order valence-electron chi connectivity index (χ1n) is 12.3. The van der Waals surface area contributed by atoms with Gasteiger partial charge < -0.3 is 14.2 Å². The fourth-order valence-electron chi connectivity index (χ4n) is 5.66. The Morgan fingerprint density at radius 2 is 1.72 bits per heavy atom. The Morgan fingerprint density at radius 3 is 2.59 bits per heavy atom. The van der Waals surface area contributed by atoms with Gasteiger partial charge in [-0.1, -0.05) is 18.2 Å². The van der Waals surface area contributed by atoms with Gasteiger partial charge in [-0.15, -0.1) is 0 Å². The fourth-order valence-corrected chi connectivity index (χ4v) is 5.66. The van der Waals surface area contributed by atoms with Crippen molar-refractivity contribution < 1.29 is 4.74 Å². The largest absolute Gasteiger partial charge is 0.378 e. The second-order valence-electron chi connectivity index (χ2n) is 9.68. The highest BCUT2D eigenvalue weighted by Crippen LogP contribution is 2.45. The molecule has 2 aromatic rings. The molecule has 0 amide bonds. The number of hydrogen-bond donors (Lipinski definition) is 0. The molecule has 1 aliphatic heterocycles. The van der Waals surface area contributed by atoms with Crippen LogP contribution in [0.2, 0.25) is 0 Å². The molecule has 3 fully saturated rings. The van der Waals surface area contributed by atoms with Gasteiger partial charge in [0.2, 0.25) is 0 Å². The normalized spacial score (nSPS) is 26.2. The van der Waals surface area contributed by atoms with Crippen molar-refractivity contribution in [3.63, 3.8) is 0 Å². The van der Waals surface area contributed by atoms with Crippen LogP contribution in [0.15, 0.2) is 30.3 Å². The predicted octanol–water partition coefficient (Wildman–Crippen LogP) is 6.29. The summed E-state index contributed by atoms with van der Waals surface area (Å²) in [5, 5.41) is 1.43. The number of unbranched alkanes of at least 4 members (excludes halogenated alkanes) is 1. The van der Waals surface area contributed by atoms with Crippen LogP contribution in [-0.2, 0) is 4.74 Å². The van der Waals surface area contributed by atoms with E-state index in [9.17, 15) is 0 Å². The van der Waals surface area contributed by atoms with Gasteiger partial charge in [-0.25, -0.2) is 0 Å². The van der Waals surface area contributed by atoms with Gasteiger partial charge in [0, 0.05) is 23.9 Å². The second kappa shape index (κ2) is 9.22. The van der Waals surface area contributed by atoms with Crippen LogP contribution in [0, 0.1) is 0 Å². The predicted molar refractivity (Wildman–Crippen MR) is 121 cm³/mol. The fraction of sp³-hybridized carbons (Fsp3) is 0.692. The van der Waals surface area contributed by atoms with E-state index in [1.165, 1.54) is 101 Å². The van der Waals surface area contributed by atoms with Gasteiger partial charge in [-0.05, 0) is 114 Å². The zero-order chi connectivity index (χ0) is 19.5. The summed E-state index contributed by atoms with van der Waals surface area (Å²) in [7, 11) is 0. The quantitative estimate of drug-likeness (QED) is 0.387. The van der Waals surface area contributed by atoms with Gasteiger partial charge >= 0.3 is 0 Å². The van der Waals surface area contributed by atoms with Crippen LogP contribution >= 0.6 is 0 Å². The van der Waals surface area contributed by atoms with Gasteiger partial charge in [0.05, 0.1) is 6.10 Å². The lowest BCUT2D eigenvalue weighted by Gasteiger charge is -2.22. The molecule has 2 saturated carbocycles. The van der Waals surface area contributed by atoms with Crippen LogP contribution in [0.5, 0.6) is 0 Å². The maximum absolute atomic E-state index is 6.34. The molecule has 0 bridgehead atoms. The molecule has 1 aromatic heterocycles. The van der Waals surface area contributed by atoms with Gasteiger partial charge in [0.1, 0.15) is 0 Å². The van der Waals surface area contributed by atoms with Crippen molar-refractivity contribution in [3.05, 3.63) is 36.0 Å².